The van der Waals surface area contributed by atoms with Crippen molar-refractivity contribution in [3.8, 4) is 11.3 Å². The van der Waals surface area contributed by atoms with Crippen molar-refractivity contribution in [1.29, 1.82) is 0 Å². The van der Waals surface area contributed by atoms with E-state index in [1.54, 1.807) is 6.33 Å². The number of carbonyl (C=O) groups is 1. The molecular formula is C17H22N4O. The van der Waals surface area contributed by atoms with E-state index in [1.165, 1.54) is 0 Å². The average Bonchev–Trinajstić information content (AvgIpc) is 3.14. The Kier molecular flexibility index (Phi) is 4.24. The standard InChI is InChI=1S/C17H22N4O/c1-12-16(20-11-19-12)14-7-5-13(6-8-14)10-18-17(22)15-4-3-9-21(15)2/h5-8,11,15H,3-4,9-10H2,1-2H3,(H,18,22)(H,19,20). The Morgan fingerprint density at radius 2 is 2.18 bits per heavy atom. The van der Waals surface area contributed by atoms with E-state index in [-0.39, 0.29) is 11.9 Å². The minimum Gasteiger partial charge on any atom is -0.351 e. The average molecular weight is 298 g/mol. The number of likely N-dealkylation sites (N-methyl/N-ethyl adjacent to an activating group) is 1. The van der Waals surface area contributed by atoms with Crippen LogP contribution in [0.2, 0.25) is 0 Å². The first kappa shape index (κ1) is 14.8. The molecule has 1 aromatic heterocycles. The summed E-state index contributed by atoms with van der Waals surface area (Å²) in [6.45, 7) is 3.59. The molecule has 1 unspecified atom stereocenters. The molecule has 2 N–H and O–H groups in total. The number of benzene rings is 1. The summed E-state index contributed by atoms with van der Waals surface area (Å²) >= 11 is 0. The van der Waals surface area contributed by atoms with E-state index in [1.807, 2.05) is 38.2 Å². The van der Waals surface area contributed by atoms with Gasteiger partial charge in [-0.2, -0.15) is 0 Å². The lowest BCUT2D eigenvalue weighted by Gasteiger charge is -2.18. The molecule has 2 heterocycles. The maximum absolute atomic E-state index is 12.2. The summed E-state index contributed by atoms with van der Waals surface area (Å²) in [7, 11) is 2.01. The molecule has 1 atom stereocenters. The number of amides is 1. The molecule has 116 valence electrons. The summed E-state index contributed by atoms with van der Waals surface area (Å²) in [5.41, 5.74) is 4.23. The first-order chi connectivity index (χ1) is 10.6. The summed E-state index contributed by atoms with van der Waals surface area (Å²) in [6, 6.07) is 8.22. The topological polar surface area (TPSA) is 61.0 Å². The first-order valence-electron chi connectivity index (χ1n) is 7.72. The van der Waals surface area contributed by atoms with Gasteiger partial charge in [0.25, 0.3) is 0 Å². The van der Waals surface area contributed by atoms with Gasteiger partial charge in [0, 0.05) is 17.8 Å². The number of likely N-dealkylation sites (tertiary alicyclic amines) is 1. The highest BCUT2D eigenvalue weighted by molar-refractivity contribution is 5.82. The van der Waals surface area contributed by atoms with Gasteiger partial charge in [-0.1, -0.05) is 24.3 Å². The second-order valence-corrected chi connectivity index (χ2v) is 5.93. The number of imidazole rings is 1. The number of nitrogens with zero attached hydrogens (tertiary/aromatic N) is 2. The fourth-order valence-electron chi connectivity index (χ4n) is 2.98. The van der Waals surface area contributed by atoms with E-state index >= 15 is 0 Å². The zero-order chi connectivity index (χ0) is 15.5. The number of H-pyrrole nitrogens is 1. The predicted molar refractivity (Wildman–Crippen MR) is 86.3 cm³/mol. The van der Waals surface area contributed by atoms with Crippen molar-refractivity contribution in [2.45, 2.75) is 32.4 Å². The minimum atomic E-state index is 0.0333. The molecule has 0 spiro atoms. The SMILES string of the molecule is Cc1[nH]cnc1-c1ccc(CNC(=O)C2CCCN2C)cc1. The van der Waals surface area contributed by atoms with E-state index < -0.39 is 0 Å². The summed E-state index contributed by atoms with van der Waals surface area (Å²) in [6.07, 6.45) is 3.77. The van der Waals surface area contributed by atoms with Crippen molar-refractivity contribution in [1.82, 2.24) is 20.2 Å². The molecule has 1 saturated heterocycles. The quantitative estimate of drug-likeness (QED) is 0.908. The third kappa shape index (κ3) is 3.04. The molecule has 1 amide bonds. The summed E-state index contributed by atoms with van der Waals surface area (Å²) in [5, 5.41) is 3.03. The number of nitrogens with one attached hydrogen (secondary N) is 2. The van der Waals surface area contributed by atoms with Crippen LogP contribution in [-0.4, -0.2) is 40.4 Å². The Hall–Kier alpha value is -2.14. The van der Waals surface area contributed by atoms with Crippen LogP contribution in [0.15, 0.2) is 30.6 Å². The molecule has 2 aromatic rings. The van der Waals surface area contributed by atoms with E-state index in [4.69, 9.17) is 0 Å². The zero-order valence-corrected chi connectivity index (χ0v) is 13.1. The molecule has 1 aliphatic heterocycles. The van der Waals surface area contributed by atoms with Gasteiger partial charge >= 0.3 is 0 Å². The second kappa shape index (κ2) is 6.32. The molecule has 1 fully saturated rings. The number of aromatic nitrogens is 2. The van der Waals surface area contributed by atoms with E-state index in [0.29, 0.717) is 6.54 Å². The van der Waals surface area contributed by atoms with Gasteiger partial charge in [0.1, 0.15) is 0 Å². The number of aryl methyl sites for hydroxylation is 1. The molecule has 5 nitrogen and oxygen atoms in total. The predicted octanol–water partition coefficient (Wildman–Crippen LogP) is 2.10. The summed E-state index contributed by atoms with van der Waals surface area (Å²) < 4.78 is 0. The molecule has 1 aromatic carbocycles. The molecule has 22 heavy (non-hydrogen) atoms. The number of hydrogen-bond donors (Lipinski definition) is 2. The van der Waals surface area contributed by atoms with Crippen LogP contribution >= 0.6 is 0 Å². The molecule has 5 heteroatoms. The third-order valence-electron chi connectivity index (χ3n) is 4.35. The van der Waals surface area contributed by atoms with Crippen LogP contribution in [0.4, 0.5) is 0 Å². The van der Waals surface area contributed by atoms with Crippen molar-refractivity contribution in [3.05, 3.63) is 41.9 Å². The maximum Gasteiger partial charge on any atom is 0.237 e. The number of carbonyl (C=O) groups excluding carboxylic acids is 1. The van der Waals surface area contributed by atoms with Gasteiger partial charge in [-0.15, -0.1) is 0 Å². The van der Waals surface area contributed by atoms with Gasteiger partial charge in [-0.3, -0.25) is 9.69 Å². The molecular weight excluding hydrogens is 276 g/mol. The van der Waals surface area contributed by atoms with Crippen LogP contribution in [0, 0.1) is 6.92 Å². The number of rotatable bonds is 4. The van der Waals surface area contributed by atoms with Crippen molar-refractivity contribution >= 4 is 5.91 Å². The van der Waals surface area contributed by atoms with Crippen LogP contribution in [0.25, 0.3) is 11.3 Å². The van der Waals surface area contributed by atoms with Crippen LogP contribution in [0.3, 0.4) is 0 Å². The Balaban J connectivity index is 1.60. The highest BCUT2D eigenvalue weighted by Gasteiger charge is 2.27. The lowest BCUT2D eigenvalue weighted by atomic mass is 10.1. The number of aromatic amines is 1. The largest absolute Gasteiger partial charge is 0.351 e. The van der Waals surface area contributed by atoms with Crippen molar-refractivity contribution in [2.24, 2.45) is 0 Å². The normalized spacial score (nSPS) is 18.5. The van der Waals surface area contributed by atoms with Crippen molar-refractivity contribution in [3.63, 3.8) is 0 Å². The molecule has 3 rings (SSSR count). The highest BCUT2D eigenvalue weighted by Crippen LogP contribution is 2.20. The fraction of sp³-hybridized carbons (Fsp3) is 0.412. The van der Waals surface area contributed by atoms with Gasteiger partial charge in [0.15, 0.2) is 0 Å². The van der Waals surface area contributed by atoms with E-state index in [0.717, 1.165) is 41.9 Å². The smallest absolute Gasteiger partial charge is 0.237 e. The fourth-order valence-corrected chi connectivity index (χ4v) is 2.98. The van der Waals surface area contributed by atoms with Gasteiger partial charge in [-0.05, 0) is 38.9 Å². The zero-order valence-electron chi connectivity index (χ0n) is 13.1. The maximum atomic E-state index is 12.2. The Morgan fingerprint density at radius 1 is 1.41 bits per heavy atom. The van der Waals surface area contributed by atoms with Gasteiger partial charge in [-0.25, -0.2) is 4.98 Å². The molecule has 0 saturated carbocycles. The lowest BCUT2D eigenvalue weighted by Crippen LogP contribution is -2.41. The Morgan fingerprint density at radius 3 is 2.77 bits per heavy atom. The minimum absolute atomic E-state index is 0.0333. The van der Waals surface area contributed by atoms with Crippen molar-refractivity contribution < 1.29 is 4.79 Å². The van der Waals surface area contributed by atoms with Crippen molar-refractivity contribution in [2.75, 3.05) is 13.6 Å². The first-order valence-corrected chi connectivity index (χ1v) is 7.72. The van der Waals surface area contributed by atoms with Crippen LogP contribution in [-0.2, 0) is 11.3 Å². The lowest BCUT2D eigenvalue weighted by molar-refractivity contribution is -0.125. The molecule has 0 aliphatic carbocycles. The number of hydrogen-bond acceptors (Lipinski definition) is 3. The van der Waals surface area contributed by atoms with Gasteiger partial charge in [0.05, 0.1) is 18.1 Å². The third-order valence-corrected chi connectivity index (χ3v) is 4.35. The Labute approximate surface area is 130 Å². The molecule has 0 radical (unpaired) electrons. The molecule has 1 aliphatic rings. The van der Waals surface area contributed by atoms with Gasteiger partial charge < -0.3 is 10.3 Å². The Bertz CT molecular complexity index is 647. The summed E-state index contributed by atoms with van der Waals surface area (Å²) in [5.74, 6) is 0.132. The van der Waals surface area contributed by atoms with Gasteiger partial charge in [0.2, 0.25) is 5.91 Å². The van der Waals surface area contributed by atoms with Crippen LogP contribution in [0.1, 0.15) is 24.1 Å². The van der Waals surface area contributed by atoms with Crippen LogP contribution in [0.5, 0.6) is 0 Å². The second-order valence-electron chi connectivity index (χ2n) is 5.93. The van der Waals surface area contributed by atoms with Crippen LogP contribution < -0.4 is 5.32 Å². The summed E-state index contributed by atoms with van der Waals surface area (Å²) in [4.78, 5) is 21.7. The van der Waals surface area contributed by atoms with E-state index in [2.05, 4.69) is 20.2 Å². The monoisotopic (exact) mass is 298 g/mol. The molecule has 0 bridgehead atoms. The highest BCUT2D eigenvalue weighted by atomic mass is 16.2. The van der Waals surface area contributed by atoms with E-state index in [9.17, 15) is 4.79 Å².